The minimum Gasteiger partial charge on any atom is -0.497 e. The molecule has 1 aliphatic heterocycles. The molecule has 3 N–H and O–H groups in total. The van der Waals surface area contributed by atoms with Crippen LogP contribution in [0, 0.1) is 11.8 Å². The maximum atomic E-state index is 9.10. The van der Waals surface area contributed by atoms with E-state index in [1.165, 1.54) is 31.4 Å². The fraction of sp³-hybridized carbons (Fsp3) is 0.556. The first-order valence-corrected chi connectivity index (χ1v) is 8.27. The van der Waals surface area contributed by atoms with E-state index in [9.17, 15) is 0 Å². The minimum atomic E-state index is -1.82. The molecule has 2 fully saturated rings. The SMILES string of the molecule is COc1cccc([C@H]2CCC[C@H]3C(C)NC[C@@H]23)c1.O=C(O)C(=O)O. The number of fused-ring (bicyclic) bond motifs is 1. The zero-order valence-electron chi connectivity index (χ0n) is 14.1. The summed E-state index contributed by atoms with van der Waals surface area (Å²) >= 11 is 0. The van der Waals surface area contributed by atoms with Gasteiger partial charge in [-0.25, -0.2) is 9.59 Å². The molecule has 0 bridgehead atoms. The van der Waals surface area contributed by atoms with E-state index in [1.54, 1.807) is 7.11 Å². The van der Waals surface area contributed by atoms with Crippen LogP contribution in [0.5, 0.6) is 5.75 Å². The Morgan fingerprint density at radius 2 is 1.88 bits per heavy atom. The van der Waals surface area contributed by atoms with Gasteiger partial charge in [0.15, 0.2) is 0 Å². The largest absolute Gasteiger partial charge is 0.497 e. The summed E-state index contributed by atoms with van der Waals surface area (Å²) in [6.07, 6.45) is 4.11. The fourth-order valence-corrected chi connectivity index (χ4v) is 3.97. The van der Waals surface area contributed by atoms with Gasteiger partial charge < -0.3 is 20.3 Å². The number of hydrogen-bond acceptors (Lipinski definition) is 4. The second kappa shape index (κ2) is 8.15. The van der Waals surface area contributed by atoms with Crippen LogP contribution >= 0.6 is 0 Å². The van der Waals surface area contributed by atoms with Gasteiger partial charge in [0, 0.05) is 6.04 Å². The van der Waals surface area contributed by atoms with Crippen molar-refractivity contribution in [3.05, 3.63) is 29.8 Å². The third-order valence-corrected chi connectivity index (χ3v) is 5.14. The molecule has 1 heterocycles. The minimum absolute atomic E-state index is 0.698. The van der Waals surface area contributed by atoms with Crippen molar-refractivity contribution < 1.29 is 24.5 Å². The highest BCUT2D eigenvalue weighted by molar-refractivity contribution is 6.27. The summed E-state index contributed by atoms with van der Waals surface area (Å²) in [6.45, 7) is 3.53. The van der Waals surface area contributed by atoms with Crippen molar-refractivity contribution >= 4 is 11.9 Å². The molecule has 1 saturated heterocycles. The monoisotopic (exact) mass is 335 g/mol. The van der Waals surface area contributed by atoms with Crippen molar-refractivity contribution in [2.24, 2.45) is 11.8 Å². The van der Waals surface area contributed by atoms with E-state index in [2.05, 4.69) is 30.4 Å². The van der Waals surface area contributed by atoms with Crippen molar-refractivity contribution in [1.82, 2.24) is 5.32 Å². The van der Waals surface area contributed by atoms with E-state index >= 15 is 0 Å². The molecule has 24 heavy (non-hydrogen) atoms. The molecule has 0 amide bonds. The second-order valence-electron chi connectivity index (χ2n) is 6.45. The topological polar surface area (TPSA) is 95.9 Å². The average Bonchev–Trinajstić information content (AvgIpc) is 2.97. The number of ether oxygens (including phenoxy) is 1. The van der Waals surface area contributed by atoms with Crippen LogP contribution in [0.4, 0.5) is 0 Å². The number of hydrogen-bond donors (Lipinski definition) is 3. The maximum Gasteiger partial charge on any atom is 0.414 e. The van der Waals surface area contributed by atoms with Crippen molar-refractivity contribution in [3.8, 4) is 5.75 Å². The Kier molecular flexibility index (Phi) is 6.20. The second-order valence-corrected chi connectivity index (χ2v) is 6.45. The predicted molar refractivity (Wildman–Crippen MR) is 89.3 cm³/mol. The average molecular weight is 335 g/mol. The van der Waals surface area contributed by atoms with Gasteiger partial charge in [-0.3, -0.25) is 0 Å². The molecular formula is C18H25NO5. The molecule has 1 aromatic rings. The number of benzene rings is 1. The van der Waals surface area contributed by atoms with Gasteiger partial charge in [0.2, 0.25) is 0 Å². The standard InChI is InChI=1S/C16H23NO.C2H2O4/c1-11-14-7-4-8-15(16(14)10-17-11)12-5-3-6-13(9-12)18-2;3-1(4)2(5)6/h3,5-6,9,11,14-17H,4,7-8,10H2,1-2H3;(H,3,4)(H,5,6)/t11?,14-,15+,16+;/m0./s1. The number of nitrogens with one attached hydrogen (secondary N) is 1. The number of methoxy groups -OCH3 is 1. The molecule has 6 heteroatoms. The molecular weight excluding hydrogens is 310 g/mol. The molecule has 1 saturated carbocycles. The lowest BCUT2D eigenvalue weighted by molar-refractivity contribution is -0.159. The van der Waals surface area contributed by atoms with Crippen LogP contribution in [0.15, 0.2) is 24.3 Å². The summed E-state index contributed by atoms with van der Waals surface area (Å²) in [5.74, 6) is -0.245. The van der Waals surface area contributed by atoms with Crippen molar-refractivity contribution in [1.29, 1.82) is 0 Å². The molecule has 1 unspecified atom stereocenters. The van der Waals surface area contributed by atoms with Gasteiger partial charge in [0.05, 0.1) is 7.11 Å². The summed E-state index contributed by atoms with van der Waals surface area (Å²) in [4.78, 5) is 18.2. The fourth-order valence-electron chi connectivity index (χ4n) is 3.97. The molecule has 0 radical (unpaired) electrons. The molecule has 1 aromatic carbocycles. The van der Waals surface area contributed by atoms with Crippen molar-refractivity contribution in [2.75, 3.05) is 13.7 Å². The summed E-state index contributed by atoms with van der Waals surface area (Å²) < 4.78 is 5.36. The van der Waals surface area contributed by atoms with Crippen LogP contribution in [0.25, 0.3) is 0 Å². The Morgan fingerprint density at radius 1 is 1.17 bits per heavy atom. The van der Waals surface area contributed by atoms with Crippen LogP contribution in [0.2, 0.25) is 0 Å². The van der Waals surface area contributed by atoms with Crippen LogP contribution in [-0.2, 0) is 9.59 Å². The van der Waals surface area contributed by atoms with E-state index in [0.717, 1.165) is 23.5 Å². The summed E-state index contributed by atoms with van der Waals surface area (Å²) in [5.41, 5.74) is 1.47. The Balaban J connectivity index is 0.000000301. The van der Waals surface area contributed by atoms with E-state index in [1.807, 2.05) is 6.07 Å². The maximum absolute atomic E-state index is 9.10. The lowest BCUT2D eigenvalue weighted by atomic mass is 9.69. The van der Waals surface area contributed by atoms with Gasteiger partial charge in [0.25, 0.3) is 0 Å². The van der Waals surface area contributed by atoms with Gasteiger partial charge in [0.1, 0.15) is 5.75 Å². The Hall–Kier alpha value is -2.08. The Morgan fingerprint density at radius 3 is 2.50 bits per heavy atom. The predicted octanol–water partition coefficient (Wildman–Crippen LogP) is 2.34. The molecule has 132 valence electrons. The van der Waals surface area contributed by atoms with Gasteiger partial charge in [-0.05, 0) is 61.8 Å². The van der Waals surface area contributed by atoms with Crippen LogP contribution in [-0.4, -0.2) is 41.8 Å². The smallest absolute Gasteiger partial charge is 0.414 e. The number of carboxylic acids is 2. The molecule has 0 aromatic heterocycles. The van der Waals surface area contributed by atoms with E-state index < -0.39 is 11.9 Å². The summed E-state index contributed by atoms with van der Waals surface area (Å²) in [6, 6.07) is 9.38. The molecule has 2 aliphatic rings. The van der Waals surface area contributed by atoms with Crippen molar-refractivity contribution in [3.63, 3.8) is 0 Å². The Labute approximate surface area is 141 Å². The van der Waals surface area contributed by atoms with E-state index in [-0.39, 0.29) is 0 Å². The highest BCUT2D eigenvalue weighted by Crippen LogP contribution is 2.45. The number of carbonyl (C=O) groups is 2. The molecule has 0 spiro atoms. The quantitative estimate of drug-likeness (QED) is 0.718. The third-order valence-electron chi connectivity index (χ3n) is 5.14. The third kappa shape index (κ3) is 4.26. The molecule has 3 rings (SSSR count). The Bertz CT molecular complexity index is 577. The summed E-state index contributed by atoms with van der Waals surface area (Å²) in [7, 11) is 1.75. The molecule has 6 nitrogen and oxygen atoms in total. The summed E-state index contributed by atoms with van der Waals surface area (Å²) in [5, 5.41) is 18.4. The number of aliphatic carboxylic acids is 2. The molecule has 4 atom stereocenters. The zero-order valence-corrected chi connectivity index (χ0v) is 14.1. The molecule has 1 aliphatic carbocycles. The number of rotatable bonds is 2. The lowest BCUT2D eigenvalue weighted by Crippen LogP contribution is -2.28. The highest BCUT2D eigenvalue weighted by Gasteiger charge is 2.40. The zero-order chi connectivity index (χ0) is 17.7. The van der Waals surface area contributed by atoms with Gasteiger partial charge in [-0.2, -0.15) is 0 Å². The van der Waals surface area contributed by atoms with Crippen molar-refractivity contribution in [2.45, 2.75) is 38.1 Å². The van der Waals surface area contributed by atoms with Gasteiger partial charge in [-0.15, -0.1) is 0 Å². The van der Waals surface area contributed by atoms with Crippen LogP contribution in [0.3, 0.4) is 0 Å². The number of carboxylic acid groups (broad SMARTS) is 2. The highest BCUT2D eigenvalue weighted by atomic mass is 16.5. The van der Waals surface area contributed by atoms with Gasteiger partial charge >= 0.3 is 11.9 Å². The van der Waals surface area contributed by atoms with Crippen LogP contribution in [0.1, 0.15) is 37.7 Å². The normalized spacial score (nSPS) is 28.2. The van der Waals surface area contributed by atoms with E-state index in [0.29, 0.717) is 6.04 Å². The first-order valence-electron chi connectivity index (χ1n) is 8.27. The first-order chi connectivity index (χ1) is 11.4. The van der Waals surface area contributed by atoms with Crippen LogP contribution < -0.4 is 10.1 Å². The van der Waals surface area contributed by atoms with E-state index in [4.69, 9.17) is 24.5 Å². The lowest BCUT2D eigenvalue weighted by Gasteiger charge is -2.35. The first kappa shape index (κ1) is 18.3. The van der Waals surface area contributed by atoms with Gasteiger partial charge in [-0.1, -0.05) is 18.6 Å².